The number of benzene rings is 1. The van der Waals surface area contributed by atoms with Gasteiger partial charge in [-0.25, -0.2) is 19.9 Å². The van der Waals surface area contributed by atoms with Gasteiger partial charge in [0.15, 0.2) is 18.2 Å². The number of fused-ring (bicyclic) bond motifs is 6. The summed E-state index contributed by atoms with van der Waals surface area (Å²) in [5, 5.41) is 16.8. The third kappa shape index (κ3) is 1.85. The van der Waals surface area contributed by atoms with Crippen LogP contribution < -0.4 is 9.91 Å². The Morgan fingerprint density at radius 3 is 2.93 bits per heavy atom. The first-order valence-electron chi connectivity index (χ1n) is 8.99. The molecule has 10 heteroatoms. The van der Waals surface area contributed by atoms with E-state index in [2.05, 4.69) is 22.1 Å². The van der Waals surface area contributed by atoms with Gasteiger partial charge in [-0.05, 0) is 24.1 Å². The minimum atomic E-state index is -1.63. The highest BCUT2D eigenvalue weighted by atomic mass is 19.1. The number of nitrogens with zero attached hydrogens (tertiary/aromatic N) is 8. The molecular weight excluding hydrogens is 363 g/mol. The molecule has 1 saturated carbocycles. The number of aliphatic imine (C=N–C) groups is 1. The van der Waals surface area contributed by atoms with Crippen LogP contribution >= 0.6 is 0 Å². The number of para-hydroxylation sites is 1. The summed E-state index contributed by atoms with van der Waals surface area (Å²) >= 11 is 0. The van der Waals surface area contributed by atoms with E-state index in [1.807, 2.05) is 30.5 Å². The van der Waals surface area contributed by atoms with E-state index >= 15 is 0 Å². The molecule has 2 atom stereocenters. The quantitative estimate of drug-likeness (QED) is 0.582. The molecule has 4 heterocycles. The standard InChI is InChI=1S/C18H15FN8O/c1-18(6-7-18)15-22-17(23-28-15)25-10-21-14-11-4-2-3-5-12(11)26-13(27(14)25)8-24(9-20)16(26)19/h2-5,8,10,14,16H,6-7H2,1H3. The Balaban J connectivity index is 1.46. The van der Waals surface area contributed by atoms with Crippen LogP contribution in [0.25, 0.3) is 0 Å². The second-order valence-corrected chi connectivity index (χ2v) is 7.52. The van der Waals surface area contributed by atoms with Gasteiger partial charge in [-0.2, -0.15) is 14.6 Å². The van der Waals surface area contributed by atoms with Gasteiger partial charge < -0.3 is 4.52 Å². The van der Waals surface area contributed by atoms with Gasteiger partial charge in [-0.15, -0.1) is 0 Å². The van der Waals surface area contributed by atoms with Gasteiger partial charge in [0.05, 0.1) is 11.9 Å². The second-order valence-electron chi connectivity index (χ2n) is 7.52. The van der Waals surface area contributed by atoms with E-state index in [9.17, 15) is 9.65 Å². The van der Waals surface area contributed by atoms with Gasteiger partial charge in [0.25, 0.3) is 12.4 Å². The van der Waals surface area contributed by atoms with Crippen molar-refractivity contribution in [2.75, 3.05) is 9.91 Å². The van der Waals surface area contributed by atoms with Crippen molar-refractivity contribution < 1.29 is 8.91 Å². The number of rotatable bonds is 2. The van der Waals surface area contributed by atoms with Crippen molar-refractivity contribution in [3.63, 3.8) is 0 Å². The summed E-state index contributed by atoms with van der Waals surface area (Å²) < 4.78 is 20.5. The van der Waals surface area contributed by atoms with Gasteiger partial charge in [0.1, 0.15) is 6.34 Å². The van der Waals surface area contributed by atoms with E-state index in [1.165, 1.54) is 11.1 Å². The summed E-state index contributed by atoms with van der Waals surface area (Å²) in [5.41, 5.74) is 1.45. The maximum Gasteiger partial charge on any atom is 0.290 e. The number of hydrogen-bond acceptors (Lipinski definition) is 9. The maximum atomic E-state index is 15.0. The Morgan fingerprint density at radius 1 is 1.32 bits per heavy atom. The molecule has 1 aromatic heterocycles. The van der Waals surface area contributed by atoms with E-state index in [-0.39, 0.29) is 5.41 Å². The van der Waals surface area contributed by atoms with Crippen LogP contribution in [0.4, 0.5) is 16.0 Å². The Labute approximate surface area is 159 Å². The molecule has 2 aromatic rings. The molecule has 1 aliphatic carbocycles. The molecule has 2 unspecified atom stereocenters. The fourth-order valence-electron chi connectivity index (χ4n) is 3.81. The van der Waals surface area contributed by atoms with E-state index in [0.29, 0.717) is 23.3 Å². The van der Waals surface area contributed by atoms with Crippen molar-refractivity contribution in [1.82, 2.24) is 20.0 Å². The van der Waals surface area contributed by atoms with E-state index in [0.717, 1.165) is 23.3 Å². The Morgan fingerprint density at radius 2 is 2.14 bits per heavy atom. The SMILES string of the molecule is CC1(c2nc(N3C=NC4c5ccccc5N5C(=CN(C#N)C5F)N43)no2)CC1. The zero-order valence-corrected chi connectivity index (χ0v) is 14.9. The summed E-state index contributed by atoms with van der Waals surface area (Å²) in [6, 6.07) is 7.45. The van der Waals surface area contributed by atoms with Gasteiger partial charge in [-0.3, -0.25) is 4.90 Å². The number of hydrazine groups is 1. The average molecular weight is 378 g/mol. The molecule has 140 valence electrons. The van der Waals surface area contributed by atoms with Crippen LogP contribution in [0.5, 0.6) is 0 Å². The van der Waals surface area contributed by atoms with Crippen LogP contribution in [0.1, 0.15) is 37.4 Å². The molecule has 9 nitrogen and oxygen atoms in total. The highest BCUT2D eigenvalue weighted by Crippen LogP contribution is 2.49. The molecular formula is C18H15FN8O. The molecule has 0 radical (unpaired) electrons. The molecule has 1 aromatic carbocycles. The Kier molecular flexibility index (Phi) is 2.76. The van der Waals surface area contributed by atoms with Gasteiger partial charge >= 0.3 is 0 Å². The summed E-state index contributed by atoms with van der Waals surface area (Å²) in [6.07, 6.45) is 4.95. The van der Waals surface area contributed by atoms with Crippen molar-refractivity contribution >= 4 is 18.0 Å². The molecule has 28 heavy (non-hydrogen) atoms. The summed E-state index contributed by atoms with van der Waals surface area (Å²) in [6.45, 7) is 2.09. The van der Waals surface area contributed by atoms with Crippen LogP contribution in [0, 0.1) is 11.5 Å². The molecule has 3 aliphatic heterocycles. The number of halogens is 1. The number of alkyl halides is 1. The number of aromatic nitrogens is 2. The molecule has 6 rings (SSSR count). The van der Waals surface area contributed by atoms with Crippen molar-refractivity contribution in [2.45, 2.75) is 37.8 Å². The second kappa shape index (κ2) is 5.01. The largest absolute Gasteiger partial charge is 0.337 e. The van der Waals surface area contributed by atoms with Crippen molar-refractivity contribution in [2.24, 2.45) is 4.99 Å². The fourth-order valence-corrected chi connectivity index (χ4v) is 3.81. The topological polar surface area (TPSA) is 88.0 Å². The molecule has 0 amide bonds. The Hall–Kier alpha value is -3.61. The minimum Gasteiger partial charge on any atom is -0.337 e. The van der Waals surface area contributed by atoms with Crippen LogP contribution in [-0.2, 0) is 5.41 Å². The Bertz CT molecular complexity index is 1080. The van der Waals surface area contributed by atoms with Crippen molar-refractivity contribution in [1.29, 1.82) is 5.26 Å². The highest BCUT2D eigenvalue weighted by Gasteiger charge is 2.50. The monoisotopic (exact) mass is 378 g/mol. The van der Waals surface area contributed by atoms with Crippen molar-refractivity contribution in [3.05, 3.63) is 47.7 Å². The lowest BCUT2D eigenvalue weighted by molar-refractivity contribution is 0.191. The third-order valence-electron chi connectivity index (χ3n) is 5.69. The number of anilines is 2. The van der Waals surface area contributed by atoms with Gasteiger partial charge in [-0.1, -0.05) is 25.1 Å². The van der Waals surface area contributed by atoms with E-state index in [4.69, 9.17) is 4.52 Å². The molecule has 1 fully saturated rings. The smallest absolute Gasteiger partial charge is 0.290 e. The first kappa shape index (κ1) is 15.4. The first-order valence-corrected chi connectivity index (χ1v) is 8.99. The number of hydrogen-bond donors (Lipinski definition) is 0. The zero-order chi connectivity index (χ0) is 19.0. The van der Waals surface area contributed by atoms with Crippen molar-refractivity contribution in [3.8, 4) is 6.19 Å². The number of nitriles is 1. The predicted molar refractivity (Wildman–Crippen MR) is 95.8 cm³/mol. The van der Waals surface area contributed by atoms with Crippen LogP contribution in [0.3, 0.4) is 0 Å². The lowest BCUT2D eigenvalue weighted by atomic mass is 10.1. The average Bonchev–Trinajstić information content (AvgIpc) is 3.11. The lowest BCUT2D eigenvalue weighted by Crippen LogP contribution is -2.49. The molecule has 0 saturated heterocycles. The summed E-state index contributed by atoms with van der Waals surface area (Å²) in [4.78, 5) is 11.6. The minimum absolute atomic E-state index is 0.0592. The molecule has 0 N–H and O–H groups in total. The van der Waals surface area contributed by atoms with Gasteiger partial charge in [0.2, 0.25) is 5.89 Å². The van der Waals surface area contributed by atoms with Crippen LogP contribution in [0.15, 0.2) is 45.8 Å². The third-order valence-corrected chi connectivity index (χ3v) is 5.69. The van der Waals surface area contributed by atoms with Gasteiger partial charge in [0, 0.05) is 11.0 Å². The highest BCUT2D eigenvalue weighted by molar-refractivity contribution is 5.80. The zero-order valence-electron chi connectivity index (χ0n) is 14.9. The van der Waals surface area contributed by atoms with E-state index < -0.39 is 12.6 Å². The van der Waals surface area contributed by atoms with Crippen LogP contribution in [-0.4, -0.2) is 32.8 Å². The maximum absolute atomic E-state index is 15.0. The fraction of sp³-hybridized carbons (Fsp3) is 0.333. The lowest BCUT2D eigenvalue weighted by Gasteiger charge is -2.42. The molecule has 4 aliphatic rings. The first-order chi connectivity index (χ1) is 13.6. The molecule has 0 bridgehead atoms. The normalized spacial score (nSPS) is 26.0. The summed E-state index contributed by atoms with van der Waals surface area (Å²) in [7, 11) is 0. The predicted octanol–water partition coefficient (Wildman–Crippen LogP) is 2.55. The van der Waals surface area contributed by atoms with Crippen LogP contribution in [0.2, 0.25) is 0 Å². The summed E-state index contributed by atoms with van der Waals surface area (Å²) in [5.74, 6) is 1.41. The molecule has 0 spiro atoms. The van der Waals surface area contributed by atoms with E-state index in [1.54, 1.807) is 16.4 Å².